The summed E-state index contributed by atoms with van der Waals surface area (Å²) in [5, 5.41) is 0.746. The number of piperazine rings is 1. The van der Waals surface area contributed by atoms with E-state index in [1.807, 2.05) is 0 Å². The van der Waals surface area contributed by atoms with Crippen LogP contribution in [-0.2, 0) is 0 Å². The van der Waals surface area contributed by atoms with Gasteiger partial charge in [0.25, 0.3) is 0 Å². The summed E-state index contributed by atoms with van der Waals surface area (Å²) in [6, 6.07) is 12.0. The fourth-order valence-electron chi connectivity index (χ4n) is 3.63. The molecule has 108 valence electrons. The Morgan fingerprint density at radius 3 is 2.75 bits per heavy atom. The summed E-state index contributed by atoms with van der Waals surface area (Å²) in [6.07, 6.45) is 4.04. The number of nitrogens with zero attached hydrogens (tertiary/aromatic N) is 2. The molecule has 0 aliphatic carbocycles. The third-order valence-corrected chi connectivity index (χ3v) is 4.72. The van der Waals surface area contributed by atoms with Crippen LogP contribution < -0.4 is 0 Å². The SMILES string of the molecule is C=C(Cl)CN1CC2CCCCN2CC1c1ccccc1. The Kier molecular flexibility index (Phi) is 4.45. The number of halogens is 1. The Labute approximate surface area is 127 Å². The van der Waals surface area contributed by atoms with Crippen molar-refractivity contribution < 1.29 is 0 Å². The molecule has 2 unspecified atom stereocenters. The number of hydrogen-bond donors (Lipinski definition) is 0. The molecule has 2 aliphatic heterocycles. The fraction of sp³-hybridized carbons (Fsp3) is 0.529. The van der Waals surface area contributed by atoms with Gasteiger partial charge in [-0.1, -0.05) is 54.9 Å². The first-order valence-electron chi connectivity index (χ1n) is 7.60. The summed E-state index contributed by atoms with van der Waals surface area (Å²) in [5.41, 5.74) is 1.40. The predicted octanol–water partition coefficient (Wildman–Crippen LogP) is 3.65. The van der Waals surface area contributed by atoms with E-state index in [1.54, 1.807) is 0 Å². The number of hydrogen-bond acceptors (Lipinski definition) is 2. The van der Waals surface area contributed by atoms with E-state index in [0.717, 1.165) is 24.7 Å². The number of rotatable bonds is 3. The molecule has 1 aromatic carbocycles. The molecule has 0 radical (unpaired) electrons. The summed E-state index contributed by atoms with van der Waals surface area (Å²) in [7, 11) is 0. The molecule has 2 atom stereocenters. The van der Waals surface area contributed by atoms with Crippen LogP contribution in [0.25, 0.3) is 0 Å². The van der Waals surface area contributed by atoms with Gasteiger partial charge in [-0.3, -0.25) is 9.80 Å². The molecule has 1 aromatic rings. The molecule has 2 nitrogen and oxygen atoms in total. The van der Waals surface area contributed by atoms with E-state index in [-0.39, 0.29) is 0 Å². The standard InChI is InChI=1S/C17H23ClN2/c1-14(18)11-20-12-16-9-5-6-10-19(16)13-17(20)15-7-3-2-4-8-15/h2-4,7-8,16-17H,1,5-6,9-13H2. The molecule has 2 fully saturated rings. The van der Waals surface area contributed by atoms with E-state index in [4.69, 9.17) is 11.6 Å². The van der Waals surface area contributed by atoms with Gasteiger partial charge in [0.1, 0.15) is 0 Å². The highest BCUT2D eigenvalue weighted by atomic mass is 35.5. The first kappa shape index (κ1) is 14.1. The van der Waals surface area contributed by atoms with Gasteiger partial charge in [0, 0.05) is 36.8 Å². The van der Waals surface area contributed by atoms with E-state index >= 15 is 0 Å². The zero-order chi connectivity index (χ0) is 13.9. The molecule has 0 saturated carbocycles. The van der Waals surface area contributed by atoms with Crippen molar-refractivity contribution in [2.24, 2.45) is 0 Å². The summed E-state index contributed by atoms with van der Waals surface area (Å²) in [4.78, 5) is 5.19. The number of benzene rings is 1. The Morgan fingerprint density at radius 1 is 1.20 bits per heavy atom. The Balaban J connectivity index is 1.82. The highest BCUT2D eigenvalue weighted by molar-refractivity contribution is 6.29. The molecule has 20 heavy (non-hydrogen) atoms. The van der Waals surface area contributed by atoms with Crippen LogP contribution >= 0.6 is 11.6 Å². The minimum Gasteiger partial charge on any atom is -0.297 e. The van der Waals surface area contributed by atoms with E-state index in [0.29, 0.717) is 12.1 Å². The zero-order valence-corrected chi connectivity index (χ0v) is 12.7. The van der Waals surface area contributed by atoms with Crippen LogP contribution in [0.2, 0.25) is 0 Å². The van der Waals surface area contributed by atoms with Crippen LogP contribution in [-0.4, -0.2) is 42.0 Å². The molecular weight excluding hydrogens is 268 g/mol. The van der Waals surface area contributed by atoms with Crippen molar-refractivity contribution in [3.8, 4) is 0 Å². The molecule has 0 spiro atoms. The van der Waals surface area contributed by atoms with Gasteiger partial charge in [-0.05, 0) is 24.9 Å². The minimum atomic E-state index is 0.445. The quantitative estimate of drug-likeness (QED) is 0.838. The molecule has 0 N–H and O–H groups in total. The minimum absolute atomic E-state index is 0.445. The maximum Gasteiger partial charge on any atom is 0.0479 e. The molecular formula is C17H23ClN2. The summed E-state index contributed by atoms with van der Waals surface area (Å²) in [6.45, 7) is 8.18. The van der Waals surface area contributed by atoms with Crippen molar-refractivity contribution in [3.05, 3.63) is 47.5 Å². The van der Waals surface area contributed by atoms with Crippen LogP contribution in [0.5, 0.6) is 0 Å². The summed E-state index contributed by atoms with van der Waals surface area (Å²) < 4.78 is 0. The van der Waals surface area contributed by atoms with Gasteiger partial charge < -0.3 is 0 Å². The molecule has 2 aliphatic rings. The van der Waals surface area contributed by atoms with E-state index in [1.165, 1.54) is 31.4 Å². The first-order valence-corrected chi connectivity index (χ1v) is 7.98. The largest absolute Gasteiger partial charge is 0.297 e. The Hall–Kier alpha value is -0.830. The fourth-order valence-corrected chi connectivity index (χ4v) is 3.78. The smallest absolute Gasteiger partial charge is 0.0479 e. The van der Waals surface area contributed by atoms with E-state index in [2.05, 4.69) is 46.7 Å². The number of piperidine rings is 1. The van der Waals surface area contributed by atoms with Gasteiger partial charge in [0.2, 0.25) is 0 Å². The normalized spacial score (nSPS) is 28.1. The zero-order valence-electron chi connectivity index (χ0n) is 12.0. The van der Waals surface area contributed by atoms with Crippen LogP contribution in [0.4, 0.5) is 0 Å². The second-order valence-electron chi connectivity index (χ2n) is 6.02. The van der Waals surface area contributed by atoms with E-state index < -0.39 is 0 Å². The van der Waals surface area contributed by atoms with Gasteiger partial charge in [-0.15, -0.1) is 0 Å². The monoisotopic (exact) mass is 290 g/mol. The lowest BCUT2D eigenvalue weighted by Gasteiger charge is -2.48. The molecule has 2 saturated heterocycles. The molecule has 0 aromatic heterocycles. The van der Waals surface area contributed by atoms with Crippen LogP contribution in [0.3, 0.4) is 0 Å². The molecule has 0 bridgehead atoms. The van der Waals surface area contributed by atoms with Crippen LogP contribution in [0, 0.1) is 0 Å². The third kappa shape index (κ3) is 3.08. The molecule has 2 heterocycles. The number of fused-ring (bicyclic) bond motifs is 1. The lowest BCUT2D eigenvalue weighted by Crippen LogP contribution is -2.56. The van der Waals surface area contributed by atoms with Gasteiger partial charge >= 0.3 is 0 Å². The Morgan fingerprint density at radius 2 is 2.00 bits per heavy atom. The van der Waals surface area contributed by atoms with Crippen LogP contribution in [0.1, 0.15) is 30.9 Å². The Bertz CT molecular complexity index is 459. The average molecular weight is 291 g/mol. The average Bonchev–Trinajstić information content (AvgIpc) is 2.47. The molecule has 0 amide bonds. The highest BCUT2D eigenvalue weighted by Gasteiger charge is 2.35. The lowest BCUT2D eigenvalue weighted by molar-refractivity contribution is 0.0138. The maximum absolute atomic E-state index is 6.09. The highest BCUT2D eigenvalue weighted by Crippen LogP contribution is 2.32. The second kappa shape index (κ2) is 6.30. The summed E-state index contributed by atoms with van der Waals surface area (Å²) >= 11 is 6.09. The van der Waals surface area contributed by atoms with Crippen molar-refractivity contribution in [2.45, 2.75) is 31.3 Å². The van der Waals surface area contributed by atoms with Crippen molar-refractivity contribution in [1.29, 1.82) is 0 Å². The van der Waals surface area contributed by atoms with Crippen molar-refractivity contribution in [3.63, 3.8) is 0 Å². The van der Waals surface area contributed by atoms with Crippen molar-refractivity contribution in [2.75, 3.05) is 26.2 Å². The van der Waals surface area contributed by atoms with Crippen molar-refractivity contribution in [1.82, 2.24) is 9.80 Å². The van der Waals surface area contributed by atoms with Gasteiger partial charge in [0.15, 0.2) is 0 Å². The van der Waals surface area contributed by atoms with Gasteiger partial charge in [-0.25, -0.2) is 0 Å². The maximum atomic E-state index is 6.09. The first-order chi connectivity index (χ1) is 9.74. The van der Waals surface area contributed by atoms with Gasteiger partial charge in [0.05, 0.1) is 0 Å². The van der Waals surface area contributed by atoms with E-state index in [9.17, 15) is 0 Å². The third-order valence-electron chi connectivity index (χ3n) is 4.60. The molecule has 3 heteroatoms. The topological polar surface area (TPSA) is 6.48 Å². The van der Waals surface area contributed by atoms with Gasteiger partial charge in [-0.2, -0.15) is 0 Å². The predicted molar refractivity (Wildman–Crippen MR) is 85.0 cm³/mol. The second-order valence-corrected chi connectivity index (χ2v) is 6.55. The summed E-state index contributed by atoms with van der Waals surface area (Å²) in [5.74, 6) is 0. The molecule has 3 rings (SSSR count). The van der Waals surface area contributed by atoms with Crippen LogP contribution in [0.15, 0.2) is 41.9 Å². The van der Waals surface area contributed by atoms with Crippen molar-refractivity contribution >= 4 is 11.6 Å². The lowest BCUT2D eigenvalue weighted by atomic mass is 9.93.